The lowest BCUT2D eigenvalue weighted by Gasteiger charge is -2.34. The van der Waals surface area contributed by atoms with Crippen LogP contribution in [0, 0.1) is 11.8 Å². The molecule has 1 saturated carbocycles. The maximum Gasteiger partial charge on any atom is 0.391 e. The molecule has 0 bridgehead atoms. The molecule has 40 heavy (non-hydrogen) atoms. The molecule has 1 fully saturated rings. The predicted octanol–water partition coefficient (Wildman–Crippen LogP) is 4.21. The van der Waals surface area contributed by atoms with Crippen LogP contribution in [-0.4, -0.2) is 68.1 Å². The molecule has 2 heterocycles. The summed E-state index contributed by atoms with van der Waals surface area (Å²) in [6, 6.07) is 6.91. The lowest BCUT2D eigenvalue weighted by molar-refractivity contribution is -0.184. The number of fused-ring (bicyclic) bond motifs is 1. The third-order valence-corrected chi connectivity index (χ3v) is 9.78. The number of hydrogen-bond donors (Lipinski definition) is 2. The van der Waals surface area contributed by atoms with Crippen molar-refractivity contribution in [3.63, 3.8) is 0 Å². The van der Waals surface area contributed by atoms with Crippen LogP contribution in [0.5, 0.6) is 0 Å². The number of nitrogens with one attached hydrogen (secondary N) is 1. The highest BCUT2D eigenvalue weighted by molar-refractivity contribution is 7.91. The summed E-state index contributed by atoms with van der Waals surface area (Å²) >= 11 is 0. The van der Waals surface area contributed by atoms with Crippen LogP contribution in [0.2, 0.25) is 0 Å². The number of rotatable bonds is 10. The first-order valence-corrected chi connectivity index (χ1v) is 15.1. The fraction of sp³-hybridized carbons (Fsp3) is 0.571. The zero-order chi connectivity index (χ0) is 29.1. The van der Waals surface area contributed by atoms with E-state index < -0.39 is 33.9 Å². The highest BCUT2D eigenvalue weighted by Gasteiger charge is 2.42. The SMILES string of the molecule is CCS(=O)(=O)c1ccc([C@H](CO)NC(=O)c2cnc3c(c2)CN(CC2CCC(C(F)(F)F)CC2)[C@H]3COC)cc1. The summed E-state index contributed by atoms with van der Waals surface area (Å²) in [5, 5.41) is 12.7. The van der Waals surface area contributed by atoms with Gasteiger partial charge in [-0.1, -0.05) is 19.1 Å². The number of ether oxygens (including phenoxy) is 1. The van der Waals surface area contributed by atoms with Crippen molar-refractivity contribution in [2.45, 2.75) is 62.3 Å². The number of aromatic nitrogens is 1. The van der Waals surface area contributed by atoms with Crippen molar-refractivity contribution in [1.82, 2.24) is 15.2 Å². The molecule has 8 nitrogen and oxygen atoms in total. The van der Waals surface area contributed by atoms with E-state index in [9.17, 15) is 31.5 Å². The Kier molecular flexibility index (Phi) is 9.54. The molecular weight excluding hydrogens is 547 g/mol. The van der Waals surface area contributed by atoms with Crippen LogP contribution >= 0.6 is 0 Å². The van der Waals surface area contributed by atoms with E-state index in [1.54, 1.807) is 32.2 Å². The normalized spacial score (nSPS) is 22.6. The molecule has 4 rings (SSSR count). The molecule has 2 aliphatic rings. The van der Waals surface area contributed by atoms with Gasteiger partial charge in [-0.25, -0.2) is 8.42 Å². The van der Waals surface area contributed by atoms with E-state index in [1.165, 1.54) is 18.3 Å². The van der Waals surface area contributed by atoms with Crippen molar-refractivity contribution in [3.05, 3.63) is 58.9 Å². The lowest BCUT2D eigenvalue weighted by atomic mass is 9.81. The van der Waals surface area contributed by atoms with Crippen molar-refractivity contribution < 1.29 is 36.2 Å². The van der Waals surface area contributed by atoms with Gasteiger partial charge in [-0.15, -0.1) is 0 Å². The second-order valence-electron chi connectivity index (χ2n) is 10.6. The average molecular weight is 584 g/mol. The molecule has 1 aromatic heterocycles. The number of aliphatic hydroxyl groups excluding tert-OH is 1. The van der Waals surface area contributed by atoms with Crippen molar-refractivity contribution in [2.24, 2.45) is 11.8 Å². The number of methoxy groups -OCH3 is 1. The topological polar surface area (TPSA) is 109 Å². The average Bonchev–Trinajstić information content (AvgIpc) is 3.27. The minimum Gasteiger partial charge on any atom is -0.394 e. The Morgan fingerprint density at radius 1 is 1.20 bits per heavy atom. The zero-order valence-corrected chi connectivity index (χ0v) is 23.5. The van der Waals surface area contributed by atoms with Crippen molar-refractivity contribution in [1.29, 1.82) is 0 Å². The summed E-state index contributed by atoms with van der Waals surface area (Å²) in [7, 11) is -1.78. The quantitative estimate of drug-likeness (QED) is 0.431. The van der Waals surface area contributed by atoms with E-state index in [-0.39, 0.29) is 42.1 Å². The van der Waals surface area contributed by atoms with Gasteiger partial charge in [0, 0.05) is 26.4 Å². The highest BCUT2D eigenvalue weighted by atomic mass is 32.2. The second-order valence-corrected chi connectivity index (χ2v) is 12.9. The third-order valence-electron chi connectivity index (χ3n) is 8.03. The Morgan fingerprint density at radius 2 is 1.88 bits per heavy atom. The fourth-order valence-corrected chi connectivity index (χ4v) is 6.55. The summed E-state index contributed by atoms with van der Waals surface area (Å²) in [6.07, 6.45) is -1.33. The van der Waals surface area contributed by atoms with Gasteiger partial charge in [0.25, 0.3) is 5.91 Å². The van der Waals surface area contributed by atoms with E-state index in [1.807, 2.05) is 0 Å². The number of carbonyl (C=O) groups is 1. The number of alkyl halides is 3. The maximum atomic E-state index is 13.1. The molecule has 2 atom stereocenters. The molecule has 1 aliphatic heterocycles. The molecule has 2 N–H and O–H groups in total. The summed E-state index contributed by atoms with van der Waals surface area (Å²) in [6.45, 7) is 2.69. The Balaban J connectivity index is 1.43. The van der Waals surface area contributed by atoms with E-state index >= 15 is 0 Å². The highest BCUT2D eigenvalue weighted by Crippen LogP contribution is 2.41. The van der Waals surface area contributed by atoms with Gasteiger partial charge in [0.2, 0.25) is 0 Å². The van der Waals surface area contributed by atoms with E-state index in [0.717, 1.165) is 11.3 Å². The van der Waals surface area contributed by atoms with Crippen molar-refractivity contribution in [3.8, 4) is 0 Å². The number of aliphatic hydroxyl groups is 1. The van der Waals surface area contributed by atoms with Gasteiger partial charge in [0.1, 0.15) is 0 Å². The Labute approximate surface area is 232 Å². The van der Waals surface area contributed by atoms with Crippen molar-refractivity contribution in [2.75, 3.05) is 32.6 Å². The van der Waals surface area contributed by atoms with Crippen LogP contribution in [0.15, 0.2) is 41.4 Å². The molecule has 12 heteroatoms. The minimum atomic E-state index is -4.14. The van der Waals surface area contributed by atoms with Gasteiger partial charge in [-0.2, -0.15) is 13.2 Å². The van der Waals surface area contributed by atoms with Gasteiger partial charge in [-0.3, -0.25) is 14.7 Å². The number of amides is 1. The van der Waals surface area contributed by atoms with Crippen LogP contribution in [0.1, 0.15) is 71.9 Å². The summed E-state index contributed by atoms with van der Waals surface area (Å²) < 4.78 is 68.8. The number of pyridine rings is 1. The number of sulfone groups is 1. The molecule has 1 aliphatic carbocycles. The van der Waals surface area contributed by atoms with Crippen molar-refractivity contribution >= 4 is 15.7 Å². The van der Waals surface area contributed by atoms with Crippen LogP contribution < -0.4 is 5.32 Å². The second kappa shape index (κ2) is 12.5. The van der Waals surface area contributed by atoms with Gasteiger partial charge < -0.3 is 15.2 Å². The molecule has 1 amide bonds. The van der Waals surface area contributed by atoms with E-state index in [4.69, 9.17) is 4.74 Å². The molecule has 0 unspecified atom stereocenters. The van der Waals surface area contributed by atoms with Crippen LogP contribution in [0.3, 0.4) is 0 Å². The smallest absolute Gasteiger partial charge is 0.391 e. The van der Waals surface area contributed by atoms with E-state index in [0.29, 0.717) is 43.7 Å². The summed E-state index contributed by atoms with van der Waals surface area (Å²) in [5.41, 5.74) is 2.51. The first-order valence-electron chi connectivity index (χ1n) is 13.5. The molecule has 0 spiro atoms. The standard InChI is InChI=1S/C28H36F3N3O5S/c1-3-40(37,38)23-10-6-19(7-11-23)24(16-35)33-27(36)20-12-21-15-34(25(17-39-2)26(21)32-13-20)14-18-4-8-22(9-5-18)28(29,30)31/h6-7,10-13,18,22,24-25,35H,3-5,8-9,14-17H2,1-2H3,(H,33,36)/t18?,22?,24-,25-/m0/s1. The lowest BCUT2D eigenvalue weighted by Crippen LogP contribution is -2.34. The van der Waals surface area contributed by atoms with Gasteiger partial charge in [0.05, 0.1) is 53.1 Å². The summed E-state index contributed by atoms with van der Waals surface area (Å²) in [4.78, 5) is 20.0. The monoisotopic (exact) mass is 583 g/mol. The molecule has 220 valence electrons. The molecule has 0 radical (unpaired) electrons. The van der Waals surface area contributed by atoms with Crippen LogP contribution in [0.25, 0.3) is 0 Å². The first kappa shape index (κ1) is 30.4. The molecule has 1 aromatic carbocycles. The predicted molar refractivity (Wildman–Crippen MR) is 142 cm³/mol. The van der Waals surface area contributed by atoms with Crippen LogP contribution in [-0.2, 0) is 21.1 Å². The van der Waals surface area contributed by atoms with Gasteiger partial charge in [-0.05, 0) is 60.9 Å². The Morgan fingerprint density at radius 3 is 2.45 bits per heavy atom. The molecule has 0 saturated heterocycles. The maximum absolute atomic E-state index is 13.1. The Bertz CT molecular complexity index is 1280. The summed E-state index contributed by atoms with van der Waals surface area (Å²) in [5.74, 6) is -1.53. The Hall–Kier alpha value is -2.54. The van der Waals surface area contributed by atoms with Gasteiger partial charge in [0.15, 0.2) is 9.84 Å². The number of carbonyl (C=O) groups excluding carboxylic acids is 1. The molecule has 2 aromatic rings. The number of hydrogen-bond acceptors (Lipinski definition) is 7. The van der Waals surface area contributed by atoms with Crippen LogP contribution in [0.4, 0.5) is 13.2 Å². The number of benzene rings is 1. The largest absolute Gasteiger partial charge is 0.394 e. The minimum absolute atomic E-state index is 0.0281. The number of halogens is 3. The molecular formula is C28H36F3N3O5S. The third kappa shape index (κ3) is 6.84. The number of nitrogens with zero attached hydrogens (tertiary/aromatic N) is 2. The first-order chi connectivity index (χ1) is 19.0. The fourth-order valence-electron chi connectivity index (χ4n) is 5.66. The van der Waals surface area contributed by atoms with Gasteiger partial charge >= 0.3 is 6.18 Å². The zero-order valence-electron chi connectivity index (χ0n) is 22.7. The van der Waals surface area contributed by atoms with E-state index in [2.05, 4.69) is 15.2 Å².